The van der Waals surface area contributed by atoms with Crippen LogP contribution >= 0.6 is 20.7 Å². The van der Waals surface area contributed by atoms with E-state index in [1.807, 2.05) is 24.7 Å². The molecule has 0 unspecified atom stereocenters. The van der Waals surface area contributed by atoms with Gasteiger partial charge in [-0.25, -0.2) is 4.98 Å². The van der Waals surface area contributed by atoms with Crippen LogP contribution in [0.3, 0.4) is 0 Å². The first-order valence-electron chi connectivity index (χ1n) is 9.03. The number of nitrogens with one attached hydrogen (secondary N) is 2. The molecule has 0 spiro atoms. The zero-order valence-corrected chi connectivity index (χ0v) is 17.2. The van der Waals surface area contributed by atoms with E-state index in [2.05, 4.69) is 57.5 Å². The van der Waals surface area contributed by atoms with Gasteiger partial charge in [-0.15, -0.1) is 0 Å². The van der Waals surface area contributed by atoms with Crippen molar-refractivity contribution in [3.63, 3.8) is 0 Å². The number of halogens is 1. The largest absolute Gasteiger partial charge is 0.472 e. The van der Waals surface area contributed by atoms with Crippen LogP contribution in [-0.4, -0.2) is 29.2 Å². The van der Waals surface area contributed by atoms with Gasteiger partial charge in [-0.1, -0.05) is 32.9 Å². The van der Waals surface area contributed by atoms with E-state index in [1.165, 1.54) is 5.57 Å². The molecular formula is C22H14IN5O. The quantitative estimate of drug-likeness (QED) is 0.329. The van der Waals surface area contributed by atoms with Gasteiger partial charge >= 0.3 is 0 Å². The highest BCUT2D eigenvalue weighted by Gasteiger charge is 2.15. The van der Waals surface area contributed by atoms with Crippen molar-refractivity contribution in [2.75, 3.05) is 0 Å². The lowest BCUT2D eigenvalue weighted by molar-refractivity contribution is 0.568. The summed E-state index contributed by atoms with van der Waals surface area (Å²) in [5, 5.41) is 9.64. The summed E-state index contributed by atoms with van der Waals surface area (Å²) in [7, 11) is 0. The minimum absolute atomic E-state index is 0.0184. The van der Waals surface area contributed by atoms with Gasteiger partial charge in [0.1, 0.15) is 0 Å². The number of aromatic amines is 2. The lowest BCUT2D eigenvalue weighted by Crippen LogP contribution is -1.86. The normalized spacial score (nSPS) is 13.7. The van der Waals surface area contributed by atoms with E-state index in [9.17, 15) is 0 Å². The molecule has 140 valence electrons. The maximum Gasteiger partial charge on any atom is 0.181 e. The lowest BCUT2D eigenvalue weighted by Gasteiger charge is -2.03. The fraction of sp³-hybridized carbons (Fsp3) is 0. The number of aromatic nitrogens is 5. The number of hydrogen-bond acceptors (Lipinski definition) is 4. The maximum absolute atomic E-state index is 5.25. The molecule has 0 aromatic carbocycles. The molecule has 0 saturated carbocycles. The molecule has 0 bridgehead atoms. The number of furan rings is 1. The van der Waals surface area contributed by atoms with Gasteiger partial charge in [0.15, 0.2) is 5.65 Å². The summed E-state index contributed by atoms with van der Waals surface area (Å²) in [5.41, 5.74) is 7.91. The summed E-state index contributed by atoms with van der Waals surface area (Å²) in [4.78, 5) is 12.4. The Morgan fingerprint density at radius 3 is 2.90 bits per heavy atom. The smallest absolute Gasteiger partial charge is 0.181 e. The fourth-order valence-corrected chi connectivity index (χ4v) is 5.19. The van der Waals surface area contributed by atoms with Crippen molar-refractivity contribution >= 4 is 52.3 Å². The molecule has 5 aromatic heterocycles. The second-order valence-corrected chi connectivity index (χ2v) is 8.77. The molecule has 0 saturated heterocycles. The predicted octanol–water partition coefficient (Wildman–Crippen LogP) is 5.44. The van der Waals surface area contributed by atoms with Crippen molar-refractivity contribution < 1.29 is 4.42 Å². The van der Waals surface area contributed by atoms with Gasteiger partial charge in [0.05, 0.1) is 35.6 Å². The number of fused-ring (bicyclic) bond motifs is 2. The molecule has 0 radical (unpaired) electrons. The Kier molecular flexibility index (Phi) is 3.80. The summed E-state index contributed by atoms with van der Waals surface area (Å²) in [6, 6.07) is 6.22. The number of pyridine rings is 2. The van der Waals surface area contributed by atoms with Crippen molar-refractivity contribution in [2.45, 2.75) is 0 Å². The van der Waals surface area contributed by atoms with Crippen LogP contribution in [0.15, 0.2) is 70.0 Å². The SMILES string of the molecule is C1=CC(c2cnc3n[nH]c(-c4cc5c(-c6ccoc6)cncc5[nH]4)c3c2)=CI=C1. The van der Waals surface area contributed by atoms with Crippen molar-refractivity contribution in [3.8, 4) is 22.5 Å². The topological polar surface area (TPSA) is 83.4 Å². The minimum Gasteiger partial charge on any atom is -0.472 e. The summed E-state index contributed by atoms with van der Waals surface area (Å²) in [6.45, 7) is 0. The molecule has 1 aliphatic rings. The van der Waals surface area contributed by atoms with E-state index in [0.29, 0.717) is 5.65 Å². The molecular weight excluding hydrogens is 477 g/mol. The van der Waals surface area contributed by atoms with Crippen molar-refractivity contribution in [1.82, 2.24) is 25.1 Å². The number of hydrogen-bond donors (Lipinski definition) is 2. The van der Waals surface area contributed by atoms with E-state index in [-0.39, 0.29) is 20.7 Å². The monoisotopic (exact) mass is 491 g/mol. The van der Waals surface area contributed by atoms with Crippen LogP contribution in [0, 0.1) is 0 Å². The third-order valence-corrected chi connectivity index (χ3v) is 6.85. The van der Waals surface area contributed by atoms with Gasteiger partial charge < -0.3 is 9.40 Å². The highest BCUT2D eigenvalue weighted by Crippen LogP contribution is 2.34. The molecule has 29 heavy (non-hydrogen) atoms. The molecule has 0 aliphatic carbocycles. The van der Waals surface area contributed by atoms with Gasteiger partial charge in [-0.05, 0) is 31.9 Å². The van der Waals surface area contributed by atoms with E-state index >= 15 is 0 Å². The van der Waals surface area contributed by atoms with Gasteiger partial charge in [-0.3, -0.25) is 10.1 Å². The van der Waals surface area contributed by atoms with Crippen LogP contribution in [0.5, 0.6) is 0 Å². The Labute approximate surface area is 175 Å². The molecule has 0 atom stereocenters. The lowest BCUT2D eigenvalue weighted by atomic mass is 10.1. The molecule has 6 nitrogen and oxygen atoms in total. The summed E-state index contributed by atoms with van der Waals surface area (Å²) in [5.74, 6) is 0. The average molecular weight is 491 g/mol. The van der Waals surface area contributed by atoms with Crippen LogP contribution in [-0.2, 0) is 0 Å². The summed E-state index contributed by atoms with van der Waals surface area (Å²) < 4.78 is 9.81. The van der Waals surface area contributed by atoms with E-state index in [1.54, 1.807) is 12.5 Å². The first kappa shape index (κ1) is 16.6. The van der Waals surface area contributed by atoms with Gasteiger partial charge in [0, 0.05) is 39.9 Å². The Morgan fingerprint density at radius 1 is 1.03 bits per heavy atom. The van der Waals surface area contributed by atoms with E-state index < -0.39 is 0 Å². The number of rotatable bonds is 3. The third kappa shape index (κ3) is 2.77. The third-order valence-electron chi connectivity index (χ3n) is 4.99. The molecule has 6 rings (SSSR count). The summed E-state index contributed by atoms with van der Waals surface area (Å²) >= 11 is -0.0184. The summed E-state index contributed by atoms with van der Waals surface area (Å²) in [6.07, 6.45) is 13.3. The Bertz CT molecular complexity index is 1450. The highest BCUT2D eigenvalue weighted by atomic mass is 127. The Morgan fingerprint density at radius 2 is 2.03 bits per heavy atom. The van der Waals surface area contributed by atoms with E-state index in [0.717, 1.165) is 44.4 Å². The van der Waals surface area contributed by atoms with Crippen LogP contribution in [0.25, 0.3) is 50.0 Å². The molecule has 2 N–H and O–H groups in total. The Hall–Kier alpha value is -3.33. The number of allylic oxidation sites excluding steroid dienone is 3. The van der Waals surface area contributed by atoms with Crippen LogP contribution < -0.4 is 0 Å². The zero-order valence-electron chi connectivity index (χ0n) is 15.1. The van der Waals surface area contributed by atoms with Gasteiger partial charge in [-0.2, -0.15) is 5.10 Å². The Balaban J connectivity index is 1.52. The fourth-order valence-electron chi connectivity index (χ4n) is 3.58. The zero-order chi connectivity index (χ0) is 19.2. The molecule has 1 aliphatic heterocycles. The average Bonchev–Trinajstić information content (AvgIpc) is 3.52. The second kappa shape index (κ2) is 6.63. The molecule has 6 heterocycles. The van der Waals surface area contributed by atoms with E-state index in [4.69, 9.17) is 4.42 Å². The highest BCUT2D eigenvalue weighted by molar-refractivity contribution is 14.2. The first-order chi connectivity index (χ1) is 14.4. The van der Waals surface area contributed by atoms with Gasteiger partial charge in [0.2, 0.25) is 0 Å². The minimum atomic E-state index is -0.0184. The van der Waals surface area contributed by atoms with Crippen molar-refractivity contribution in [2.24, 2.45) is 0 Å². The van der Waals surface area contributed by atoms with Crippen LogP contribution in [0.2, 0.25) is 0 Å². The van der Waals surface area contributed by atoms with Crippen molar-refractivity contribution in [3.05, 3.63) is 71.1 Å². The first-order valence-corrected chi connectivity index (χ1v) is 11.5. The molecule has 0 amide bonds. The van der Waals surface area contributed by atoms with Crippen molar-refractivity contribution in [1.29, 1.82) is 0 Å². The number of nitrogens with zero attached hydrogens (tertiary/aromatic N) is 3. The second-order valence-electron chi connectivity index (χ2n) is 6.71. The van der Waals surface area contributed by atoms with Crippen LogP contribution in [0.1, 0.15) is 5.56 Å². The standard InChI is InChI=1S/C22H14IN5O/c1-2-13(8-23-4-1)15-6-17-21(27-28-22(17)25-9-15)19-7-16-18(14-3-5-29-12-14)10-24-11-20(16)26-19/h1-12,26H,(H,25,27,28). The molecule has 0 fully saturated rings. The maximum atomic E-state index is 5.25. The van der Waals surface area contributed by atoms with Crippen LogP contribution in [0.4, 0.5) is 0 Å². The van der Waals surface area contributed by atoms with Gasteiger partial charge in [0.25, 0.3) is 0 Å². The molecule has 5 aromatic rings. The molecule has 7 heteroatoms. The predicted molar refractivity (Wildman–Crippen MR) is 124 cm³/mol. The number of H-pyrrole nitrogens is 2.